The van der Waals surface area contributed by atoms with E-state index in [4.69, 9.17) is 28.4 Å². The Hall–Kier alpha value is -1.30. The van der Waals surface area contributed by atoms with Crippen LogP contribution in [0, 0.1) is 34.5 Å². The maximum Gasteiger partial charge on any atom is 0.308 e. The van der Waals surface area contributed by atoms with Crippen LogP contribution in [0.25, 0.3) is 0 Å². The van der Waals surface area contributed by atoms with E-state index < -0.39 is 40.3 Å². The third-order valence-electron chi connectivity index (χ3n) is 13.2. The Morgan fingerprint density at radius 3 is 2.49 bits per heavy atom. The number of rotatable bonds is 7. The summed E-state index contributed by atoms with van der Waals surface area (Å²) in [5.41, 5.74) is -4.65. The van der Waals surface area contributed by atoms with Crippen LogP contribution in [0.15, 0.2) is 0 Å². The molecule has 5 saturated carbocycles. The van der Waals surface area contributed by atoms with E-state index in [1.807, 2.05) is 13.8 Å². The van der Waals surface area contributed by atoms with Crippen molar-refractivity contribution in [1.82, 2.24) is 4.90 Å². The van der Waals surface area contributed by atoms with Gasteiger partial charge in [-0.3, -0.25) is 14.5 Å². The molecule has 0 amide bonds. The van der Waals surface area contributed by atoms with E-state index in [9.17, 15) is 14.7 Å². The van der Waals surface area contributed by atoms with Crippen molar-refractivity contribution >= 4 is 11.9 Å². The zero-order chi connectivity index (χ0) is 29.3. The first kappa shape index (κ1) is 28.5. The molecule has 14 atom stereocenters. The molecular formula is C31H47NO9. The monoisotopic (exact) mass is 577 g/mol. The number of likely N-dealkylation sites (N-methyl/N-ethyl adjacent to an activating group) is 1. The summed E-state index contributed by atoms with van der Waals surface area (Å²) in [5, 5.41) is 13.7. The van der Waals surface area contributed by atoms with Crippen LogP contribution in [-0.2, 0) is 38.0 Å². The predicted octanol–water partition coefficient (Wildman–Crippen LogP) is 2.29. The van der Waals surface area contributed by atoms with E-state index in [-0.39, 0.29) is 60.2 Å². The molecule has 7 aliphatic rings. The standard InChI is InChI=1S/C31H47NO9/c1-8-16(3)25(34)41-21-18-12-28(35)22(21)29(13-19(18)36-6)31(39-15-38-29)24(40-17(4)33)23-27(5)11-10-20(37-7)30(23,28)26(31)32(9-2)14-27/h16,18-24,26,35H,8-15H2,1-7H3. The Bertz CT molecular complexity index is 1130. The second kappa shape index (κ2) is 8.88. The third-order valence-corrected chi connectivity index (χ3v) is 13.2. The Labute approximate surface area is 242 Å². The first-order valence-electron chi connectivity index (χ1n) is 15.6. The molecule has 230 valence electrons. The van der Waals surface area contributed by atoms with Gasteiger partial charge < -0.3 is 33.5 Å². The molecule has 0 aromatic rings. The molecule has 0 aromatic heterocycles. The number of fused-ring (bicyclic) bond motifs is 1. The molecule has 7 bridgehead atoms. The van der Waals surface area contributed by atoms with Gasteiger partial charge in [0.2, 0.25) is 0 Å². The Morgan fingerprint density at radius 1 is 1.10 bits per heavy atom. The van der Waals surface area contributed by atoms with Crippen molar-refractivity contribution in [1.29, 1.82) is 0 Å². The molecule has 14 unspecified atom stereocenters. The number of aliphatic hydroxyl groups is 1. The number of esters is 2. The van der Waals surface area contributed by atoms with Gasteiger partial charge >= 0.3 is 11.9 Å². The van der Waals surface area contributed by atoms with Crippen LogP contribution >= 0.6 is 0 Å². The largest absolute Gasteiger partial charge is 0.461 e. The number of carbonyl (C=O) groups excluding carboxylic acids is 2. The van der Waals surface area contributed by atoms with Gasteiger partial charge in [0.25, 0.3) is 0 Å². The second-order valence-corrected chi connectivity index (χ2v) is 14.4. The van der Waals surface area contributed by atoms with Crippen molar-refractivity contribution in [3.8, 4) is 0 Å². The number of hydrogen-bond acceptors (Lipinski definition) is 10. The third kappa shape index (κ3) is 2.92. The Balaban J connectivity index is 1.54. The van der Waals surface area contributed by atoms with E-state index in [0.717, 1.165) is 25.9 Å². The number of ether oxygens (including phenoxy) is 6. The maximum absolute atomic E-state index is 13.7. The van der Waals surface area contributed by atoms with Crippen LogP contribution in [-0.4, -0.2) is 103 Å². The quantitative estimate of drug-likeness (QED) is 0.452. The molecule has 1 N–H and O–H groups in total. The summed E-state index contributed by atoms with van der Waals surface area (Å²) in [6, 6.07) is -0.323. The van der Waals surface area contributed by atoms with Gasteiger partial charge in [-0.05, 0) is 37.6 Å². The van der Waals surface area contributed by atoms with Gasteiger partial charge in [0.1, 0.15) is 24.6 Å². The van der Waals surface area contributed by atoms with Gasteiger partial charge in [0, 0.05) is 45.9 Å². The van der Waals surface area contributed by atoms with Gasteiger partial charge in [-0.25, -0.2) is 0 Å². The summed E-state index contributed by atoms with van der Waals surface area (Å²) >= 11 is 0. The van der Waals surface area contributed by atoms with Crippen molar-refractivity contribution in [2.45, 2.75) is 114 Å². The van der Waals surface area contributed by atoms with E-state index in [0.29, 0.717) is 19.3 Å². The Kier molecular flexibility index (Phi) is 6.17. The molecule has 41 heavy (non-hydrogen) atoms. The summed E-state index contributed by atoms with van der Waals surface area (Å²) in [6.45, 7) is 11.3. The van der Waals surface area contributed by atoms with Crippen molar-refractivity contribution in [3.05, 3.63) is 0 Å². The minimum Gasteiger partial charge on any atom is -0.461 e. The van der Waals surface area contributed by atoms with E-state index in [1.54, 1.807) is 14.2 Å². The topological polar surface area (TPSA) is 113 Å². The fourth-order valence-corrected chi connectivity index (χ4v) is 12.0. The van der Waals surface area contributed by atoms with Gasteiger partial charge in [-0.2, -0.15) is 0 Å². The molecule has 3 spiro atoms. The number of carbonyl (C=O) groups is 2. The molecular weight excluding hydrogens is 530 g/mol. The van der Waals surface area contributed by atoms with Crippen molar-refractivity contribution < 1.29 is 43.1 Å². The van der Waals surface area contributed by atoms with E-state index >= 15 is 0 Å². The lowest BCUT2D eigenvalue weighted by atomic mass is 9.41. The first-order chi connectivity index (χ1) is 19.5. The molecule has 2 heterocycles. The van der Waals surface area contributed by atoms with Gasteiger partial charge in [0.15, 0.2) is 5.60 Å². The lowest BCUT2D eigenvalue weighted by Crippen LogP contribution is -2.85. The van der Waals surface area contributed by atoms with Gasteiger partial charge in [-0.1, -0.05) is 27.7 Å². The average molecular weight is 578 g/mol. The zero-order valence-corrected chi connectivity index (χ0v) is 25.5. The highest BCUT2D eigenvalue weighted by Gasteiger charge is 2.98. The fourth-order valence-electron chi connectivity index (χ4n) is 12.0. The Morgan fingerprint density at radius 2 is 1.85 bits per heavy atom. The van der Waals surface area contributed by atoms with Crippen LogP contribution in [0.1, 0.15) is 66.7 Å². The summed E-state index contributed by atoms with van der Waals surface area (Å²) < 4.78 is 39.1. The minimum absolute atomic E-state index is 0.00267. The number of piperidine rings is 1. The molecule has 7 fully saturated rings. The highest BCUT2D eigenvalue weighted by Crippen LogP contribution is 2.83. The van der Waals surface area contributed by atoms with Gasteiger partial charge in [-0.15, -0.1) is 0 Å². The van der Waals surface area contributed by atoms with Gasteiger partial charge in [0.05, 0.1) is 41.1 Å². The molecule has 0 aromatic carbocycles. The highest BCUT2D eigenvalue weighted by atomic mass is 16.7. The molecule has 7 rings (SSSR count). The van der Waals surface area contributed by atoms with Crippen LogP contribution in [0.3, 0.4) is 0 Å². The predicted molar refractivity (Wildman–Crippen MR) is 144 cm³/mol. The maximum atomic E-state index is 13.7. The normalized spacial score (nSPS) is 54.9. The lowest BCUT2D eigenvalue weighted by Gasteiger charge is -2.71. The summed E-state index contributed by atoms with van der Waals surface area (Å²) in [4.78, 5) is 28.8. The average Bonchev–Trinajstić information content (AvgIpc) is 3.48. The number of likely N-dealkylation sites (tertiary alicyclic amines) is 1. The minimum atomic E-state index is -1.34. The zero-order valence-electron chi connectivity index (χ0n) is 25.5. The summed E-state index contributed by atoms with van der Waals surface area (Å²) in [6.07, 6.45) is 1.22. The molecule has 0 radical (unpaired) electrons. The summed E-state index contributed by atoms with van der Waals surface area (Å²) in [7, 11) is 3.41. The molecule has 10 nitrogen and oxygen atoms in total. The molecule has 2 saturated heterocycles. The molecule has 2 aliphatic heterocycles. The lowest BCUT2D eigenvalue weighted by molar-refractivity contribution is -0.331. The molecule has 10 heteroatoms. The SMILES string of the molecule is CCC(C)C(=O)OC1C2CC3(O)C1C1(CC2OC)OCOC12C(OC(C)=O)C1C4(C)CCC(OC)C13C2N(CC)C4. The number of nitrogens with zero attached hydrogens (tertiary/aromatic N) is 1. The summed E-state index contributed by atoms with van der Waals surface area (Å²) in [5.74, 6) is -1.95. The van der Waals surface area contributed by atoms with E-state index in [1.165, 1.54) is 6.92 Å². The smallest absolute Gasteiger partial charge is 0.308 e. The van der Waals surface area contributed by atoms with Crippen LogP contribution in [0.2, 0.25) is 0 Å². The number of methoxy groups -OCH3 is 2. The van der Waals surface area contributed by atoms with Crippen LogP contribution in [0.4, 0.5) is 0 Å². The van der Waals surface area contributed by atoms with Crippen LogP contribution < -0.4 is 0 Å². The number of hydrogen-bond donors (Lipinski definition) is 1. The first-order valence-corrected chi connectivity index (χ1v) is 15.6. The highest BCUT2D eigenvalue weighted by molar-refractivity contribution is 5.72. The second-order valence-electron chi connectivity index (χ2n) is 14.4. The van der Waals surface area contributed by atoms with Crippen molar-refractivity contribution in [2.24, 2.45) is 34.5 Å². The van der Waals surface area contributed by atoms with Crippen LogP contribution in [0.5, 0.6) is 0 Å². The van der Waals surface area contributed by atoms with E-state index in [2.05, 4.69) is 18.7 Å². The van der Waals surface area contributed by atoms with Crippen molar-refractivity contribution in [3.63, 3.8) is 0 Å². The fraction of sp³-hybridized carbons (Fsp3) is 0.935. The molecule has 5 aliphatic carbocycles. The van der Waals surface area contributed by atoms with Crippen molar-refractivity contribution in [2.75, 3.05) is 34.1 Å².